The minimum absolute atomic E-state index is 0.451. The zero-order chi connectivity index (χ0) is 36.4. The molecule has 0 saturated heterocycles. The van der Waals surface area contributed by atoms with E-state index in [0.29, 0.717) is 22.4 Å². The fourth-order valence-electron chi connectivity index (χ4n) is 6.92. The van der Waals surface area contributed by atoms with Crippen LogP contribution in [0.2, 0.25) is 0 Å². The minimum atomic E-state index is 0.451. The molecule has 0 aromatic heterocycles. The van der Waals surface area contributed by atoms with Crippen LogP contribution in [-0.4, -0.2) is 0 Å². The Morgan fingerprint density at radius 1 is 0.481 bits per heavy atom. The van der Waals surface area contributed by atoms with E-state index in [1.807, 2.05) is 133 Å². The number of ether oxygens (including phenoxy) is 2. The quantitative estimate of drug-likeness (QED) is 0.128. The first-order valence-corrected chi connectivity index (χ1v) is 17.5. The zero-order valence-electron chi connectivity index (χ0n) is 28.9. The van der Waals surface area contributed by atoms with Crippen LogP contribution >= 0.6 is 0 Å². The molecule has 2 aliphatic heterocycles. The molecule has 0 bridgehead atoms. The molecule has 7 aromatic carbocycles. The maximum absolute atomic E-state index is 10.2. The summed E-state index contributed by atoms with van der Waals surface area (Å²) in [5, 5.41) is 10.2. The van der Waals surface area contributed by atoms with Gasteiger partial charge >= 0.3 is 0 Å². The molecule has 0 N–H and O–H groups in total. The number of benzene rings is 7. The smallest absolute Gasteiger partial charge is 0.194 e. The molecule has 9 rings (SSSR count). The summed E-state index contributed by atoms with van der Waals surface area (Å²) in [7, 11) is 0. The van der Waals surface area contributed by atoms with Gasteiger partial charge in [-0.15, -0.1) is 0 Å². The topological polar surface area (TPSA) is 53.1 Å². The monoisotopic (exact) mass is 694 g/mol. The molecule has 0 atom stereocenters. The van der Waals surface area contributed by atoms with Gasteiger partial charge in [-0.25, -0.2) is 4.85 Å². The fourth-order valence-corrected chi connectivity index (χ4v) is 6.92. The predicted octanol–water partition coefficient (Wildman–Crippen LogP) is 13.6. The number of anilines is 6. The number of hydrogen-bond acceptors (Lipinski definition) is 5. The molecule has 0 fully saturated rings. The second-order valence-electron chi connectivity index (χ2n) is 12.8. The van der Waals surface area contributed by atoms with Gasteiger partial charge in [0.05, 0.1) is 41.0 Å². The van der Waals surface area contributed by atoms with Crippen molar-refractivity contribution in [2.45, 2.75) is 0 Å². The molecule has 2 aliphatic rings. The van der Waals surface area contributed by atoms with E-state index in [1.165, 1.54) is 0 Å². The first-order chi connectivity index (χ1) is 26.7. The van der Waals surface area contributed by atoms with Crippen LogP contribution < -0.4 is 19.3 Å². The summed E-state index contributed by atoms with van der Waals surface area (Å²) < 4.78 is 12.7. The fraction of sp³-hybridized carbons (Fsp3) is 0. The van der Waals surface area contributed by atoms with Crippen LogP contribution in [0.25, 0.3) is 29.1 Å². The van der Waals surface area contributed by atoms with Crippen molar-refractivity contribution in [2.24, 2.45) is 0 Å². The Morgan fingerprint density at radius 3 is 1.44 bits per heavy atom. The van der Waals surface area contributed by atoms with E-state index in [1.54, 1.807) is 12.1 Å². The summed E-state index contributed by atoms with van der Waals surface area (Å²) in [6.45, 7) is 7.98. The van der Waals surface area contributed by atoms with Crippen molar-refractivity contribution in [1.82, 2.24) is 0 Å². The lowest BCUT2D eigenvalue weighted by Gasteiger charge is -2.33. The normalized spacial score (nSPS) is 12.5. The first-order valence-electron chi connectivity index (χ1n) is 17.5. The highest BCUT2D eigenvalue weighted by Gasteiger charge is 2.27. The van der Waals surface area contributed by atoms with E-state index < -0.39 is 0 Å². The van der Waals surface area contributed by atoms with Crippen molar-refractivity contribution in [1.29, 1.82) is 5.26 Å². The van der Waals surface area contributed by atoms with Gasteiger partial charge < -0.3 is 19.3 Å². The molecule has 6 heteroatoms. The van der Waals surface area contributed by atoms with Gasteiger partial charge in [-0.05, 0) is 107 Å². The molecular weight excluding hydrogens is 665 g/mol. The molecule has 6 nitrogen and oxygen atoms in total. The molecule has 0 unspecified atom stereocenters. The molecule has 2 heterocycles. The van der Waals surface area contributed by atoms with Crippen molar-refractivity contribution >= 4 is 64.1 Å². The number of nitriles is 1. The number of nitrogens with zero attached hydrogens (tertiary/aromatic N) is 4. The van der Waals surface area contributed by atoms with Crippen LogP contribution in [0.4, 0.5) is 39.8 Å². The van der Waals surface area contributed by atoms with Crippen LogP contribution in [0.1, 0.15) is 27.8 Å². The van der Waals surface area contributed by atoms with Gasteiger partial charge in [0.25, 0.3) is 0 Å². The average Bonchev–Trinajstić information content (AvgIpc) is 3.23. The Balaban J connectivity index is 0.996. The Labute approximate surface area is 313 Å². The summed E-state index contributed by atoms with van der Waals surface area (Å²) in [5.74, 6) is 3.00. The standard InChI is InChI=1S/C48H30N4O2/c1-50-40-31-35(24-20-33-22-26-43-47(28-33)53-45-18-10-8-16-41(45)51(43)38-12-4-2-5-13-38)37(32-49)30-36(40)25-21-34-23-27-44-48(29-34)54-46-19-11-9-17-42(46)52(44)39-14-6-3-7-15-39/h2-31H. The highest BCUT2D eigenvalue weighted by Crippen LogP contribution is 2.52. The maximum Gasteiger partial charge on any atom is 0.194 e. The molecule has 0 saturated carbocycles. The number of rotatable bonds is 6. The van der Waals surface area contributed by atoms with Gasteiger partial charge in [-0.1, -0.05) is 97.1 Å². The maximum atomic E-state index is 10.2. The largest absolute Gasteiger partial charge is 0.453 e. The molecule has 0 aliphatic carbocycles. The average molecular weight is 695 g/mol. The highest BCUT2D eigenvalue weighted by molar-refractivity contribution is 5.90. The summed E-state index contributed by atoms with van der Waals surface area (Å²) >= 11 is 0. The van der Waals surface area contributed by atoms with Gasteiger partial charge in [0.15, 0.2) is 28.7 Å². The lowest BCUT2D eigenvalue weighted by Crippen LogP contribution is -2.15. The Kier molecular flexibility index (Phi) is 8.17. The summed E-state index contributed by atoms with van der Waals surface area (Å²) in [6.07, 6.45) is 7.65. The Bertz CT molecular complexity index is 2520. The van der Waals surface area contributed by atoms with Crippen molar-refractivity contribution in [2.75, 3.05) is 9.80 Å². The molecule has 7 aromatic rings. The van der Waals surface area contributed by atoms with Crippen molar-refractivity contribution in [3.63, 3.8) is 0 Å². The van der Waals surface area contributed by atoms with Crippen LogP contribution in [0.15, 0.2) is 158 Å². The third kappa shape index (κ3) is 5.90. The molecule has 0 radical (unpaired) electrons. The van der Waals surface area contributed by atoms with Gasteiger partial charge in [0.2, 0.25) is 0 Å². The third-order valence-corrected chi connectivity index (χ3v) is 9.48. The SMILES string of the molecule is [C-]#[N+]c1cc(C=Cc2ccc3c(c2)Oc2ccccc2N3c2ccccc2)c(C#N)cc1C=Cc1ccc2c(c1)Oc1ccccc1N2c1ccccc1. The van der Waals surface area contributed by atoms with Gasteiger partial charge in [-0.2, -0.15) is 5.26 Å². The van der Waals surface area contributed by atoms with E-state index in [9.17, 15) is 5.26 Å². The van der Waals surface area contributed by atoms with E-state index >= 15 is 0 Å². The predicted molar refractivity (Wildman–Crippen MR) is 218 cm³/mol. The van der Waals surface area contributed by atoms with Crippen LogP contribution in [-0.2, 0) is 0 Å². The highest BCUT2D eigenvalue weighted by atomic mass is 16.5. The first kappa shape index (κ1) is 32.1. The van der Waals surface area contributed by atoms with Gasteiger partial charge in [0.1, 0.15) is 0 Å². The van der Waals surface area contributed by atoms with Crippen molar-refractivity contribution in [3.05, 3.63) is 197 Å². The van der Waals surface area contributed by atoms with Gasteiger partial charge in [-0.3, -0.25) is 0 Å². The second kappa shape index (κ2) is 13.7. The number of hydrogen-bond donors (Lipinski definition) is 0. The van der Waals surface area contributed by atoms with E-state index in [2.05, 4.69) is 57.1 Å². The Morgan fingerprint density at radius 2 is 0.944 bits per heavy atom. The molecule has 0 spiro atoms. The minimum Gasteiger partial charge on any atom is -0.453 e. The van der Waals surface area contributed by atoms with Crippen molar-refractivity contribution in [3.8, 4) is 29.1 Å². The zero-order valence-corrected chi connectivity index (χ0v) is 28.9. The molecule has 54 heavy (non-hydrogen) atoms. The summed E-state index contributed by atoms with van der Waals surface area (Å²) in [6, 6.07) is 54.4. The number of fused-ring (bicyclic) bond motifs is 4. The molecular formula is C48H30N4O2. The van der Waals surface area contributed by atoms with Crippen molar-refractivity contribution < 1.29 is 9.47 Å². The van der Waals surface area contributed by atoms with Crippen LogP contribution in [0.3, 0.4) is 0 Å². The molecule has 254 valence electrons. The van der Waals surface area contributed by atoms with Gasteiger partial charge in [0, 0.05) is 11.4 Å². The lowest BCUT2D eigenvalue weighted by molar-refractivity contribution is 0.476. The van der Waals surface area contributed by atoms with E-state index in [0.717, 1.165) is 68.2 Å². The van der Waals surface area contributed by atoms with Crippen LogP contribution in [0.5, 0.6) is 23.0 Å². The second-order valence-corrected chi connectivity index (χ2v) is 12.8. The Hall–Kier alpha value is -7.80. The third-order valence-electron chi connectivity index (χ3n) is 9.48. The number of para-hydroxylation sites is 6. The lowest BCUT2D eigenvalue weighted by atomic mass is 10.00. The van der Waals surface area contributed by atoms with Crippen LogP contribution in [0, 0.1) is 17.9 Å². The van der Waals surface area contributed by atoms with E-state index in [-0.39, 0.29) is 0 Å². The van der Waals surface area contributed by atoms with E-state index in [4.69, 9.17) is 16.0 Å². The summed E-state index contributed by atoms with van der Waals surface area (Å²) in [5.41, 5.74) is 9.95. The summed E-state index contributed by atoms with van der Waals surface area (Å²) in [4.78, 5) is 8.22. The molecule has 0 amide bonds.